The molecule has 2 rings (SSSR count). The molecule has 1 aromatic carbocycles. The monoisotopic (exact) mass is 262 g/mol. The van der Waals surface area contributed by atoms with E-state index in [9.17, 15) is 4.79 Å². The number of rotatable bonds is 3. The van der Waals surface area contributed by atoms with Crippen LogP contribution >= 0.6 is 11.6 Å². The van der Waals surface area contributed by atoms with Crippen LogP contribution in [0.1, 0.15) is 22.8 Å². The molecule has 1 heterocycles. The molecule has 0 saturated heterocycles. The van der Waals surface area contributed by atoms with E-state index >= 15 is 0 Å². The summed E-state index contributed by atoms with van der Waals surface area (Å²) in [5, 5.41) is 4.35. The van der Waals surface area contributed by atoms with E-state index in [2.05, 4.69) is 10.1 Å². The molecule has 0 saturated carbocycles. The Morgan fingerprint density at radius 2 is 1.94 bits per heavy atom. The van der Waals surface area contributed by atoms with Gasteiger partial charge in [0, 0.05) is 23.0 Å². The van der Waals surface area contributed by atoms with Gasteiger partial charge in [0.1, 0.15) is 0 Å². The van der Waals surface area contributed by atoms with Gasteiger partial charge in [-0.05, 0) is 37.3 Å². The molecule has 1 aromatic heterocycles. The van der Waals surface area contributed by atoms with Crippen molar-refractivity contribution in [2.24, 2.45) is 5.16 Å². The minimum absolute atomic E-state index is 0.407. The van der Waals surface area contributed by atoms with Crippen LogP contribution < -0.4 is 0 Å². The van der Waals surface area contributed by atoms with Gasteiger partial charge in [0.25, 0.3) is 0 Å². The highest BCUT2D eigenvalue weighted by Crippen LogP contribution is 2.10. The molecular formula is C13H11ClN2O2. The molecule has 1 N–H and O–H groups in total. The molecule has 0 aliphatic heterocycles. The first-order valence-corrected chi connectivity index (χ1v) is 5.69. The van der Waals surface area contributed by atoms with Gasteiger partial charge in [-0.15, -0.1) is 0 Å². The van der Waals surface area contributed by atoms with Gasteiger partial charge in [0.05, 0.1) is 11.3 Å². The van der Waals surface area contributed by atoms with Crippen molar-refractivity contribution >= 4 is 23.3 Å². The van der Waals surface area contributed by atoms with Crippen molar-refractivity contribution in [3.8, 4) is 0 Å². The number of nitrogens with zero attached hydrogens (tertiary/aromatic N) is 1. The first kappa shape index (κ1) is 12.4. The van der Waals surface area contributed by atoms with Crippen LogP contribution in [0.3, 0.4) is 0 Å². The summed E-state index contributed by atoms with van der Waals surface area (Å²) in [5.74, 6) is -0.512. The number of H-pyrrole nitrogens is 1. The SMILES string of the molecule is CC(=NOC(=O)c1ccc(Cl)cc1)c1cc[nH]c1. The summed E-state index contributed by atoms with van der Waals surface area (Å²) < 4.78 is 0. The van der Waals surface area contributed by atoms with Crippen LogP contribution in [0.4, 0.5) is 0 Å². The van der Waals surface area contributed by atoms with Crippen molar-refractivity contribution in [3.05, 3.63) is 58.9 Å². The normalized spacial score (nSPS) is 11.3. The lowest BCUT2D eigenvalue weighted by Crippen LogP contribution is -2.03. The molecule has 18 heavy (non-hydrogen) atoms. The summed E-state index contributed by atoms with van der Waals surface area (Å²) in [6.45, 7) is 1.76. The molecule has 5 heteroatoms. The van der Waals surface area contributed by atoms with Crippen molar-refractivity contribution < 1.29 is 9.63 Å². The molecule has 0 fully saturated rings. The molecule has 4 nitrogen and oxygen atoms in total. The predicted molar refractivity (Wildman–Crippen MR) is 69.9 cm³/mol. The van der Waals surface area contributed by atoms with E-state index in [-0.39, 0.29) is 0 Å². The van der Waals surface area contributed by atoms with Crippen LogP contribution in [0.2, 0.25) is 5.02 Å². The molecule has 0 aliphatic carbocycles. The van der Waals surface area contributed by atoms with Gasteiger partial charge in [-0.3, -0.25) is 0 Å². The molecule has 0 aliphatic rings. The fraction of sp³-hybridized carbons (Fsp3) is 0.0769. The molecule has 0 spiro atoms. The van der Waals surface area contributed by atoms with E-state index in [0.29, 0.717) is 16.3 Å². The molecule has 0 unspecified atom stereocenters. The minimum atomic E-state index is -0.512. The molecule has 2 aromatic rings. The predicted octanol–water partition coefficient (Wildman–Crippen LogP) is 3.25. The highest BCUT2D eigenvalue weighted by atomic mass is 35.5. The van der Waals surface area contributed by atoms with Crippen LogP contribution in [0, 0.1) is 0 Å². The third-order valence-corrected chi connectivity index (χ3v) is 2.61. The smallest absolute Gasteiger partial charge is 0.365 e. The maximum atomic E-state index is 11.6. The van der Waals surface area contributed by atoms with Crippen LogP contribution in [0.15, 0.2) is 47.9 Å². The number of halogens is 1. The van der Waals surface area contributed by atoms with E-state index in [4.69, 9.17) is 16.4 Å². The van der Waals surface area contributed by atoms with Crippen molar-refractivity contribution in [2.75, 3.05) is 0 Å². The Hall–Kier alpha value is -2.07. The van der Waals surface area contributed by atoms with E-state index in [1.807, 2.05) is 6.07 Å². The number of aromatic nitrogens is 1. The summed E-state index contributed by atoms with van der Waals surface area (Å²) >= 11 is 5.73. The van der Waals surface area contributed by atoms with E-state index < -0.39 is 5.97 Å². The Bertz CT molecular complexity index is 559. The van der Waals surface area contributed by atoms with Gasteiger partial charge in [-0.25, -0.2) is 4.79 Å². The number of carbonyl (C=O) groups is 1. The molecule has 0 atom stereocenters. The summed E-state index contributed by atoms with van der Waals surface area (Å²) in [7, 11) is 0. The number of aromatic amines is 1. The molecule has 0 bridgehead atoms. The van der Waals surface area contributed by atoms with Crippen molar-refractivity contribution in [3.63, 3.8) is 0 Å². The first-order valence-electron chi connectivity index (χ1n) is 5.31. The highest BCUT2D eigenvalue weighted by Gasteiger charge is 2.07. The lowest BCUT2D eigenvalue weighted by Gasteiger charge is -1.99. The fourth-order valence-corrected chi connectivity index (χ4v) is 1.48. The zero-order valence-electron chi connectivity index (χ0n) is 9.68. The molecule has 0 radical (unpaired) electrons. The number of hydrogen-bond acceptors (Lipinski definition) is 3. The molecule has 92 valence electrons. The lowest BCUT2D eigenvalue weighted by atomic mass is 10.2. The van der Waals surface area contributed by atoms with Crippen molar-refractivity contribution in [1.82, 2.24) is 4.98 Å². The number of carbonyl (C=O) groups excluding carboxylic acids is 1. The largest absolute Gasteiger partial charge is 0.367 e. The summed E-state index contributed by atoms with van der Waals surface area (Å²) in [4.78, 5) is 19.4. The Morgan fingerprint density at radius 1 is 1.22 bits per heavy atom. The Morgan fingerprint density at radius 3 is 2.56 bits per heavy atom. The minimum Gasteiger partial charge on any atom is -0.367 e. The third kappa shape index (κ3) is 2.99. The van der Waals surface area contributed by atoms with Gasteiger partial charge in [0.15, 0.2) is 0 Å². The van der Waals surface area contributed by atoms with Crippen LogP contribution in [-0.4, -0.2) is 16.7 Å². The lowest BCUT2D eigenvalue weighted by molar-refractivity contribution is 0.0516. The average Bonchev–Trinajstić information content (AvgIpc) is 2.90. The van der Waals surface area contributed by atoms with Gasteiger partial charge in [-0.2, -0.15) is 0 Å². The molecule has 0 amide bonds. The summed E-state index contributed by atoms with van der Waals surface area (Å²) in [6.07, 6.45) is 3.55. The van der Waals surface area contributed by atoms with Gasteiger partial charge in [0.2, 0.25) is 0 Å². The van der Waals surface area contributed by atoms with Gasteiger partial charge < -0.3 is 9.82 Å². The topological polar surface area (TPSA) is 54.4 Å². The zero-order valence-corrected chi connectivity index (χ0v) is 10.4. The van der Waals surface area contributed by atoms with E-state index in [1.165, 1.54) is 0 Å². The quantitative estimate of drug-likeness (QED) is 0.524. The second-order valence-electron chi connectivity index (χ2n) is 3.66. The maximum absolute atomic E-state index is 11.6. The first-order chi connectivity index (χ1) is 8.66. The third-order valence-electron chi connectivity index (χ3n) is 2.36. The summed E-state index contributed by atoms with van der Waals surface area (Å²) in [6, 6.07) is 8.27. The standard InChI is InChI=1S/C13H11ClN2O2/c1-9(11-6-7-15-8-11)16-18-13(17)10-2-4-12(14)5-3-10/h2-8,15H,1H3. The zero-order chi connectivity index (χ0) is 13.0. The van der Waals surface area contributed by atoms with Crippen molar-refractivity contribution in [1.29, 1.82) is 0 Å². The number of benzene rings is 1. The fourth-order valence-electron chi connectivity index (χ4n) is 1.35. The Kier molecular flexibility index (Phi) is 3.79. The maximum Gasteiger partial charge on any atom is 0.365 e. The number of oxime groups is 1. The second kappa shape index (κ2) is 5.51. The average molecular weight is 263 g/mol. The second-order valence-corrected chi connectivity index (χ2v) is 4.10. The summed E-state index contributed by atoms with van der Waals surface area (Å²) in [5.41, 5.74) is 1.91. The van der Waals surface area contributed by atoms with Crippen LogP contribution in [0.5, 0.6) is 0 Å². The van der Waals surface area contributed by atoms with Crippen LogP contribution in [-0.2, 0) is 4.84 Å². The number of hydrogen-bond donors (Lipinski definition) is 1. The van der Waals surface area contributed by atoms with Gasteiger partial charge in [-0.1, -0.05) is 16.8 Å². The van der Waals surface area contributed by atoms with Crippen LogP contribution in [0.25, 0.3) is 0 Å². The van der Waals surface area contributed by atoms with E-state index in [0.717, 1.165) is 5.56 Å². The Balaban J connectivity index is 2.04. The molecular weight excluding hydrogens is 252 g/mol. The van der Waals surface area contributed by atoms with Crippen molar-refractivity contribution in [2.45, 2.75) is 6.92 Å². The highest BCUT2D eigenvalue weighted by molar-refractivity contribution is 6.30. The van der Waals surface area contributed by atoms with E-state index in [1.54, 1.807) is 43.6 Å². The van der Waals surface area contributed by atoms with Gasteiger partial charge >= 0.3 is 5.97 Å². The Labute approximate surface area is 109 Å². The number of nitrogens with one attached hydrogen (secondary N) is 1.